The van der Waals surface area contributed by atoms with Gasteiger partial charge >= 0.3 is 5.63 Å². The minimum atomic E-state index is -0.395. The molecule has 0 unspecified atom stereocenters. The highest BCUT2D eigenvalue weighted by Crippen LogP contribution is 2.40. The van der Waals surface area contributed by atoms with Gasteiger partial charge in [0.15, 0.2) is 6.61 Å². The number of fused-ring (bicyclic) bond motifs is 4. The van der Waals surface area contributed by atoms with Crippen molar-refractivity contribution in [3.63, 3.8) is 0 Å². The molecule has 1 N–H and O–H groups in total. The summed E-state index contributed by atoms with van der Waals surface area (Å²) >= 11 is 0. The number of para-hydroxylation sites is 1. The highest BCUT2D eigenvalue weighted by molar-refractivity contribution is 5.96. The van der Waals surface area contributed by atoms with Crippen LogP contribution in [0.15, 0.2) is 57.7 Å². The van der Waals surface area contributed by atoms with Gasteiger partial charge in [0.1, 0.15) is 11.3 Å². The van der Waals surface area contributed by atoms with Crippen molar-refractivity contribution >= 4 is 22.6 Å². The van der Waals surface area contributed by atoms with E-state index in [4.69, 9.17) is 9.15 Å². The van der Waals surface area contributed by atoms with Crippen LogP contribution < -0.4 is 20.6 Å². The number of nitrogens with one attached hydrogen (secondary N) is 1. The van der Waals surface area contributed by atoms with E-state index in [-0.39, 0.29) is 12.5 Å². The number of hydrogen-bond acceptors (Lipinski definition) is 5. The van der Waals surface area contributed by atoms with Gasteiger partial charge in [0.2, 0.25) is 0 Å². The SMILES string of the molecule is Cc1cc(=O)oc2cc(OCC(=O)N3C[C@@H]4CNC[C@H]4c4ccccc43)ccc12. The first kappa shape index (κ1) is 17.9. The third-order valence-corrected chi connectivity index (χ3v) is 5.97. The van der Waals surface area contributed by atoms with Crippen LogP contribution in [0.2, 0.25) is 0 Å². The number of ether oxygens (including phenoxy) is 1. The molecule has 0 aliphatic carbocycles. The number of hydrogen-bond donors (Lipinski definition) is 1. The lowest BCUT2D eigenvalue weighted by atomic mass is 9.83. The van der Waals surface area contributed by atoms with Crippen molar-refractivity contribution in [3.8, 4) is 5.75 Å². The Labute approximate surface area is 168 Å². The van der Waals surface area contributed by atoms with Gasteiger partial charge in [-0.3, -0.25) is 4.79 Å². The number of carbonyl (C=O) groups excluding carboxylic acids is 1. The first-order chi connectivity index (χ1) is 14.1. The van der Waals surface area contributed by atoms with Crippen LogP contribution in [0.25, 0.3) is 11.0 Å². The smallest absolute Gasteiger partial charge is 0.336 e. The zero-order valence-electron chi connectivity index (χ0n) is 16.2. The van der Waals surface area contributed by atoms with Gasteiger partial charge in [-0.25, -0.2) is 4.79 Å². The fraction of sp³-hybridized carbons (Fsp3) is 0.304. The maximum Gasteiger partial charge on any atom is 0.336 e. The lowest BCUT2D eigenvalue weighted by Gasteiger charge is -2.36. The molecule has 1 aromatic heterocycles. The van der Waals surface area contributed by atoms with E-state index in [1.165, 1.54) is 11.6 Å². The van der Waals surface area contributed by atoms with Crippen molar-refractivity contribution in [1.82, 2.24) is 5.32 Å². The highest BCUT2D eigenvalue weighted by Gasteiger charge is 2.38. The number of carbonyl (C=O) groups is 1. The third-order valence-electron chi connectivity index (χ3n) is 5.97. The number of amides is 1. The van der Waals surface area contributed by atoms with E-state index in [0.717, 1.165) is 29.7 Å². The predicted molar refractivity (Wildman–Crippen MR) is 111 cm³/mol. The van der Waals surface area contributed by atoms with Crippen LogP contribution in [0.4, 0.5) is 5.69 Å². The Morgan fingerprint density at radius 3 is 2.97 bits per heavy atom. The first-order valence-corrected chi connectivity index (χ1v) is 9.87. The molecule has 2 aromatic carbocycles. The molecule has 2 aliphatic heterocycles. The van der Waals surface area contributed by atoms with E-state index in [0.29, 0.717) is 29.7 Å². The summed E-state index contributed by atoms with van der Waals surface area (Å²) in [5.74, 6) is 1.31. The molecule has 1 fully saturated rings. The molecule has 0 saturated carbocycles. The maximum atomic E-state index is 13.0. The average Bonchev–Trinajstić information content (AvgIpc) is 3.20. The number of anilines is 1. The van der Waals surface area contributed by atoms with E-state index in [1.807, 2.05) is 36.1 Å². The Bertz CT molecular complexity index is 1150. The lowest BCUT2D eigenvalue weighted by molar-refractivity contribution is -0.120. The zero-order chi connectivity index (χ0) is 20.0. The zero-order valence-corrected chi connectivity index (χ0v) is 16.2. The van der Waals surface area contributed by atoms with E-state index in [2.05, 4.69) is 11.4 Å². The van der Waals surface area contributed by atoms with Crippen LogP contribution in [0.1, 0.15) is 17.0 Å². The second-order valence-electron chi connectivity index (χ2n) is 7.78. The molecule has 0 spiro atoms. The Kier molecular flexibility index (Phi) is 4.36. The topological polar surface area (TPSA) is 71.8 Å². The fourth-order valence-corrected chi connectivity index (χ4v) is 4.52. The molecule has 2 aliphatic rings. The van der Waals surface area contributed by atoms with E-state index in [9.17, 15) is 9.59 Å². The number of aryl methyl sites for hydroxylation is 1. The van der Waals surface area contributed by atoms with Crippen molar-refractivity contribution < 1.29 is 13.9 Å². The van der Waals surface area contributed by atoms with Crippen LogP contribution >= 0.6 is 0 Å². The quantitative estimate of drug-likeness (QED) is 0.697. The minimum absolute atomic E-state index is 0.0687. The summed E-state index contributed by atoms with van der Waals surface area (Å²) in [7, 11) is 0. The van der Waals surface area contributed by atoms with Crippen molar-refractivity contribution in [2.75, 3.05) is 31.1 Å². The summed E-state index contributed by atoms with van der Waals surface area (Å²) in [5, 5.41) is 4.30. The van der Waals surface area contributed by atoms with Gasteiger partial charge in [-0.15, -0.1) is 0 Å². The summed E-state index contributed by atoms with van der Waals surface area (Å²) in [4.78, 5) is 26.5. The molecule has 6 heteroatoms. The monoisotopic (exact) mass is 390 g/mol. The molecule has 2 atom stereocenters. The van der Waals surface area contributed by atoms with Gasteiger partial charge in [0, 0.05) is 48.8 Å². The summed E-state index contributed by atoms with van der Waals surface area (Å²) in [6.07, 6.45) is 0. The predicted octanol–water partition coefficient (Wildman–Crippen LogP) is 2.83. The molecule has 5 rings (SSSR count). The third kappa shape index (κ3) is 3.19. The van der Waals surface area contributed by atoms with Crippen LogP contribution in [0, 0.1) is 12.8 Å². The molecule has 1 amide bonds. The van der Waals surface area contributed by atoms with E-state index in [1.54, 1.807) is 12.1 Å². The molecule has 3 heterocycles. The van der Waals surface area contributed by atoms with Crippen LogP contribution in [-0.2, 0) is 4.79 Å². The fourth-order valence-electron chi connectivity index (χ4n) is 4.52. The van der Waals surface area contributed by atoms with Crippen LogP contribution in [0.5, 0.6) is 5.75 Å². The molecule has 3 aromatic rings. The number of rotatable bonds is 3. The standard InChI is InChI=1S/C23H22N2O4/c1-14-8-23(27)29-21-9-16(6-7-17(14)21)28-13-22(26)25-12-15-10-24-11-19(15)18-4-2-3-5-20(18)25/h2-9,15,19,24H,10-13H2,1H3/t15-,19+/m0/s1. The summed E-state index contributed by atoms with van der Waals surface area (Å²) in [6.45, 7) is 4.38. The van der Waals surface area contributed by atoms with Gasteiger partial charge in [-0.05, 0) is 42.2 Å². The second-order valence-corrected chi connectivity index (χ2v) is 7.78. The molecule has 6 nitrogen and oxygen atoms in total. The minimum Gasteiger partial charge on any atom is -0.484 e. The van der Waals surface area contributed by atoms with Gasteiger partial charge < -0.3 is 19.4 Å². The number of nitrogens with zero attached hydrogens (tertiary/aromatic N) is 1. The van der Waals surface area contributed by atoms with Crippen LogP contribution in [0.3, 0.4) is 0 Å². The molecule has 1 saturated heterocycles. The summed E-state index contributed by atoms with van der Waals surface area (Å²) in [5.41, 5.74) is 3.12. The Hall–Kier alpha value is -3.12. The van der Waals surface area contributed by atoms with Crippen molar-refractivity contribution in [2.24, 2.45) is 5.92 Å². The lowest BCUT2D eigenvalue weighted by Crippen LogP contribution is -2.43. The molecule has 148 valence electrons. The summed E-state index contributed by atoms with van der Waals surface area (Å²) in [6, 6.07) is 14.9. The molecular weight excluding hydrogens is 368 g/mol. The van der Waals surface area contributed by atoms with Gasteiger partial charge in [0.05, 0.1) is 0 Å². The average molecular weight is 390 g/mol. The number of benzene rings is 2. The molecular formula is C23H22N2O4. The van der Waals surface area contributed by atoms with E-state index < -0.39 is 5.63 Å². The summed E-state index contributed by atoms with van der Waals surface area (Å²) < 4.78 is 11.0. The Balaban J connectivity index is 1.36. The van der Waals surface area contributed by atoms with Crippen molar-refractivity contribution in [2.45, 2.75) is 12.8 Å². The van der Waals surface area contributed by atoms with Crippen LogP contribution in [-0.4, -0.2) is 32.1 Å². The Morgan fingerprint density at radius 2 is 2.07 bits per heavy atom. The normalized spacial score (nSPS) is 20.4. The van der Waals surface area contributed by atoms with Crippen molar-refractivity contribution in [3.05, 3.63) is 70.1 Å². The van der Waals surface area contributed by atoms with Gasteiger partial charge in [0.25, 0.3) is 5.91 Å². The van der Waals surface area contributed by atoms with Crippen molar-refractivity contribution in [1.29, 1.82) is 0 Å². The molecule has 29 heavy (non-hydrogen) atoms. The van der Waals surface area contributed by atoms with E-state index >= 15 is 0 Å². The Morgan fingerprint density at radius 1 is 1.21 bits per heavy atom. The molecule has 0 radical (unpaired) electrons. The largest absolute Gasteiger partial charge is 0.484 e. The maximum absolute atomic E-state index is 13.0. The highest BCUT2D eigenvalue weighted by atomic mass is 16.5. The first-order valence-electron chi connectivity index (χ1n) is 9.87. The molecule has 0 bridgehead atoms. The van der Waals surface area contributed by atoms with Gasteiger partial charge in [-0.2, -0.15) is 0 Å². The van der Waals surface area contributed by atoms with Gasteiger partial charge in [-0.1, -0.05) is 18.2 Å². The second kappa shape index (κ2) is 7.04.